The molecule has 0 radical (unpaired) electrons. The Morgan fingerprint density at radius 2 is 1.68 bits per heavy atom. The predicted octanol–water partition coefficient (Wildman–Crippen LogP) is 4.48. The van der Waals surface area contributed by atoms with E-state index in [9.17, 15) is 13.2 Å². The number of amides is 1. The zero-order valence-electron chi connectivity index (χ0n) is 17.6. The molecule has 7 heteroatoms. The summed E-state index contributed by atoms with van der Waals surface area (Å²) in [4.78, 5) is 13.6. The second-order valence-corrected chi connectivity index (χ2v) is 10.3. The van der Waals surface area contributed by atoms with Crippen molar-refractivity contribution in [1.29, 1.82) is 0 Å². The number of carbonyl (C=O) groups is 1. The molecule has 3 aromatic carbocycles. The molecule has 0 unspecified atom stereocenters. The first-order valence-electron chi connectivity index (χ1n) is 9.92. The molecule has 0 fully saturated rings. The van der Waals surface area contributed by atoms with E-state index in [1.165, 1.54) is 15.5 Å². The van der Waals surface area contributed by atoms with E-state index >= 15 is 0 Å². The Morgan fingerprint density at radius 1 is 0.968 bits per heavy atom. The lowest BCUT2D eigenvalue weighted by Crippen LogP contribution is -2.29. The van der Waals surface area contributed by atoms with Gasteiger partial charge >= 0.3 is 0 Å². The van der Waals surface area contributed by atoms with Gasteiger partial charge in [-0.25, -0.2) is 8.42 Å². The molecular formula is C24H26N2O3S2. The smallest absolute Gasteiger partial charge is 0.251 e. The Bertz CT molecular complexity index is 1120. The number of thioether (sulfide) groups is 1. The first-order chi connectivity index (χ1) is 14.8. The number of nitrogens with one attached hydrogen (secondary N) is 1. The normalized spacial score (nSPS) is 11.2. The Hall–Kier alpha value is -2.77. The summed E-state index contributed by atoms with van der Waals surface area (Å²) in [5, 5.41) is 2.92. The fourth-order valence-corrected chi connectivity index (χ4v) is 4.73. The Kier molecular flexibility index (Phi) is 7.76. The quantitative estimate of drug-likeness (QED) is 0.382. The number of rotatable bonds is 9. The van der Waals surface area contributed by atoms with Crippen LogP contribution in [0.25, 0.3) is 0 Å². The van der Waals surface area contributed by atoms with Crippen LogP contribution in [0.15, 0.2) is 83.8 Å². The van der Waals surface area contributed by atoms with Crippen molar-refractivity contribution in [2.24, 2.45) is 0 Å². The van der Waals surface area contributed by atoms with Crippen molar-refractivity contribution in [3.05, 3.63) is 95.6 Å². The number of aryl methyl sites for hydroxylation is 1. The van der Waals surface area contributed by atoms with Gasteiger partial charge in [-0.15, -0.1) is 11.8 Å². The van der Waals surface area contributed by atoms with E-state index in [4.69, 9.17) is 0 Å². The van der Waals surface area contributed by atoms with Crippen molar-refractivity contribution in [3.8, 4) is 0 Å². The van der Waals surface area contributed by atoms with E-state index in [0.717, 1.165) is 16.9 Å². The molecule has 0 aliphatic rings. The number of sulfonamides is 1. The van der Waals surface area contributed by atoms with Crippen LogP contribution in [0.2, 0.25) is 0 Å². The van der Waals surface area contributed by atoms with E-state index in [1.54, 1.807) is 42.1 Å². The standard InChI is InChI=1S/C24H26N2O3S2/c1-19-7-6-8-22(17-19)26(31(2,28)29)18-20-11-13-21(14-12-20)24(27)25-15-16-30-23-9-4-3-5-10-23/h3-14,17H,15-16,18H2,1-2H3,(H,25,27). The highest BCUT2D eigenvalue weighted by atomic mass is 32.2. The molecule has 0 saturated heterocycles. The minimum absolute atomic E-state index is 0.140. The van der Waals surface area contributed by atoms with Crippen molar-refractivity contribution in [2.45, 2.75) is 18.4 Å². The highest BCUT2D eigenvalue weighted by Crippen LogP contribution is 2.22. The van der Waals surface area contributed by atoms with Gasteiger partial charge in [-0.1, -0.05) is 42.5 Å². The van der Waals surface area contributed by atoms with E-state index in [1.807, 2.05) is 55.5 Å². The van der Waals surface area contributed by atoms with Gasteiger partial charge in [0.25, 0.3) is 5.91 Å². The Balaban J connectivity index is 1.58. The van der Waals surface area contributed by atoms with Crippen LogP contribution < -0.4 is 9.62 Å². The molecule has 5 nitrogen and oxygen atoms in total. The number of nitrogens with zero attached hydrogens (tertiary/aromatic N) is 1. The van der Waals surface area contributed by atoms with Crippen LogP contribution >= 0.6 is 11.8 Å². The number of benzene rings is 3. The second kappa shape index (κ2) is 10.5. The summed E-state index contributed by atoms with van der Waals surface area (Å²) < 4.78 is 26.0. The van der Waals surface area contributed by atoms with Gasteiger partial charge in [0, 0.05) is 22.8 Å². The van der Waals surface area contributed by atoms with Crippen LogP contribution in [0.1, 0.15) is 21.5 Å². The van der Waals surface area contributed by atoms with Crippen LogP contribution in [0.3, 0.4) is 0 Å². The van der Waals surface area contributed by atoms with Crippen molar-refractivity contribution < 1.29 is 13.2 Å². The van der Waals surface area contributed by atoms with Gasteiger partial charge in [0.05, 0.1) is 18.5 Å². The van der Waals surface area contributed by atoms with Crippen molar-refractivity contribution in [3.63, 3.8) is 0 Å². The molecule has 162 valence electrons. The van der Waals surface area contributed by atoms with Crippen LogP contribution in [-0.2, 0) is 16.6 Å². The highest BCUT2D eigenvalue weighted by Gasteiger charge is 2.18. The lowest BCUT2D eigenvalue weighted by molar-refractivity contribution is 0.0956. The lowest BCUT2D eigenvalue weighted by atomic mass is 10.1. The summed E-state index contributed by atoms with van der Waals surface area (Å²) in [5.41, 5.74) is 2.97. The van der Waals surface area contributed by atoms with Gasteiger partial charge in [-0.05, 0) is 54.4 Å². The largest absolute Gasteiger partial charge is 0.351 e. The average Bonchev–Trinajstić information content (AvgIpc) is 2.75. The first-order valence-corrected chi connectivity index (χ1v) is 12.8. The van der Waals surface area contributed by atoms with Crippen LogP contribution in [-0.4, -0.2) is 32.9 Å². The number of carbonyl (C=O) groups excluding carboxylic acids is 1. The average molecular weight is 455 g/mol. The van der Waals surface area contributed by atoms with E-state index < -0.39 is 10.0 Å². The Labute approximate surface area is 188 Å². The van der Waals surface area contributed by atoms with Crippen molar-refractivity contribution >= 4 is 33.4 Å². The van der Waals surface area contributed by atoms with Gasteiger partial charge in [0.1, 0.15) is 0 Å². The van der Waals surface area contributed by atoms with Crippen molar-refractivity contribution in [2.75, 3.05) is 22.9 Å². The second-order valence-electron chi connectivity index (χ2n) is 7.22. The monoisotopic (exact) mass is 454 g/mol. The third-order valence-corrected chi connectivity index (χ3v) is 6.79. The van der Waals surface area contributed by atoms with Gasteiger partial charge in [0.15, 0.2) is 0 Å². The fraction of sp³-hybridized carbons (Fsp3) is 0.208. The minimum Gasteiger partial charge on any atom is -0.351 e. The highest BCUT2D eigenvalue weighted by molar-refractivity contribution is 7.99. The third kappa shape index (κ3) is 6.87. The first kappa shape index (κ1) is 22.9. The topological polar surface area (TPSA) is 66.5 Å². The summed E-state index contributed by atoms with van der Waals surface area (Å²) >= 11 is 1.69. The van der Waals surface area contributed by atoms with Gasteiger partial charge in [0.2, 0.25) is 10.0 Å². The Morgan fingerprint density at radius 3 is 2.32 bits per heavy atom. The summed E-state index contributed by atoms with van der Waals surface area (Å²) in [6.07, 6.45) is 1.20. The van der Waals surface area contributed by atoms with Gasteiger partial charge in [-0.3, -0.25) is 9.10 Å². The molecule has 0 spiro atoms. The maximum Gasteiger partial charge on any atom is 0.251 e. The predicted molar refractivity (Wildman–Crippen MR) is 128 cm³/mol. The molecule has 1 N–H and O–H groups in total. The molecule has 0 bridgehead atoms. The van der Waals surface area contributed by atoms with Crippen molar-refractivity contribution in [1.82, 2.24) is 5.32 Å². The lowest BCUT2D eigenvalue weighted by Gasteiger charge is -2.23. The minimum atomic E-state index is -3.45. The number of hydrogen-bond donors (Lipinski definition) is 1. The summed E-state index contributed by atoms with van der Waals surface area (Å²) in [6.45, 7) is 2.70. The maximum absolute atomic E-state index is 12.4. The number of hydrogen-bond acceptors (Lipinski definition) is 4. The molecule has 0 saturated carbocycles. The molecule has 31 heavy (non-hydrogen) atoms. The van der Waals surface area contributed by atoms with E-state index in [-0.39, 0.29) is 12.5 Å². The van der Waals surface area contributed by atoms with Crippen LogP contribution in [0.4, 0.5) is 5.69 Å². The van der Waals surface area contributed by atoms with Crippen LogP contribution in [0.5, 0.6) is 0 Å². The zero-order chi connectivity index (χ0) is 22.3. The molecule has 3 rings (SSSR count). The summed E-state index contributed by atoms with van der Waals surface area (Å²) in [7, 11) is -3.45. The summed E-state index contributed by atoms with van der Waals surface area (Å²) in [6, 6.07) is 24.5. The molecule has 3 aromatic rings. The van der Waals surface area contributed by atoms with E-state index in [2.05, 4.69) is 5.32 Å². The molecule has 0 aromatic heterocycles. The SMILES string of the molecule is Cc1cccc(N(Cc2ccc(C(=O)NCCSc3ccccc3)cc2)S(C)(=O)=O)c1. The van der Waals surface area contributed by atoms with Gasteiger partial charge in [-0.2, -0.15) is 0 Å². The summed E-state index contributed by atoms with van der Waals surface area (Å²) in [5.74, 6) is 0.645. The molecular weight excluding hydrogens is 428 g/mol. The third-order valence-electron chi connectivity index (χ3n) is 4.63. The molecule has 0 atom stereocenters. The van der Waals surface area contributed by atoms with Crippen LogP contribution in [0, 0.1) is 6.92 Å². The maximum atomic E-state index is 12.4. The van der Waals surface area contributed by atoms with Gasteiger partial charge < -0.3 is 5.32 Å². The molecule has 1 amide bonds. The number of anilines is 1. The molecule has 0 aliphatic carbocycles. The zero-order valence-corrected chi connectivity index (χ0v) is 19.2. The fourth-order valence-electron chi connectivity index (χ4n) is 3.06. The molecule has 0 aliphatic heterocycles. The molecule has 0 heterocycles. The van der Waals surface area contributed by atoms with E-state index in [0.29, 0.717) is 17.8 Å².